The molecule has 1 atom stereocenters. The fourth-order valence-corrected chi connectivity index (χ4v) is 3.62. The van der Waals surface area contributed by atoms with E-state index in [-0.39, 0.29) is 5.56 Å². The molecule has 0 aliphatic carbocycles. The Morgan fingerprint density at radius 1 is 1.22 bits per heavy atom. The van der Waals surface area contributed by atoms with Gasteiger partial charge in [-0.05, 0) is 53.0 Å². The number of hydrogen-bond donors (Lipinski definition) is 0. The average Bonchev–Trinajstić information content (AvgIpc) is 2.65. The molecule has 0 saturated carbocycles. The van der Waals surface area contributed by atoms with Gasteiger partial charge in [0.25, 0.3) is 0 Å². The SMILES string of the molecule is Cc1cc(C(Cl)c2c(F)ccc(C)c2F)sc1Br. The number of benzene rings is 1. The molecule has 18 heavy (non-hydrogen) atoms. The lowest BCUT2D eigenvalue weighted by Gasteiger charge is -2.11. The number of alkyl halides is 1. The number of thiophene rings is 1. The van der Waals surface area contributed by atoms with E-state index in [1.807, 2.05) is 13.0 Å². The van der Waals surface area contributed by atoms with Crippen LogP contribution in [0.4, 0.5) is 8.78 Å². The largest absolute Gasteiger partial charge is 0.207 e. The van der Waals surface area contributed by atoms with Gasteiger partial charge < -0.3 is 0 Å². The van der Waals surface area contributed by atoms with Gasteiger partial charge in [0.1, 0.15) is 11.6 Å². The van der Waals surface area contributed by atoms with Gasteiger partial charge >= 0.3 is 0 Å². The van der Waals surface area contributed by atoms with Crippen LogP contribution in [-0.2, 0) is 0 Å². The lowest BCUT2D eigenvalue weighted by molar-refractivity contribution is 0.554. The summed E-state index contributed by atoms with van der Waals surface area (Å²) in [5.74, 6) is -1.18. The summed E-state index contributed by atoms with van der Waals surface area (Å²) in [5, 5.41) is -0.806. The molecule has 2 rings (SSSR count). The minimum Gasteiger partial charge on any atom is -0.207 e. The molecule has 5 heteroatoms. The molecule has 0 radical (unpaired) electrons. The summed E-state index contributed by atoms with van der Waals surface area (Å²) >= 11 is 11.0. The zero-order chi connectivity index (χ0) is 13.4. The van der Waals surface area contributed by atoms with Gasteiger partial charge in [0.2, 0.25) is 0 Å². The first kappa shape index (κ1) is 14.0. The lowest BCUT2D eigenvalue weighted by Crippen LogP contribution is -2.01. The Morgan fingerprint density at radius 2 is 1.89 bits per heavy atom. The third kappa shape index (κ3) is 2.46. The number of rotatable bonds is 2. The van der Waals surface area contributed by atoms with Crippen molar-refractivity contribution in [3.63, 3.8) is 0 Å². The van der Waals surface area contributed by atoms with Gasteiger partial charge in [0, 0.05) is 10.4 Å². The van der Waals surface area contributed by atoms with Crippen molar-refractivity contribution >= 4 is 38.9 Å². The van der Waals surface area contributed by atoms with E-state index in [0.717, 1.165) is 14.2 Å². The van der Waals surface area contributed by atoms with Gasteiger partial charge in [-0.1, -0.05) is 6.07 Å². The van der Waals surface area contributed by atoms with Crippen LogP contribution in [0.1, 0.15) is 26.9 Å². The van der Waals surface area contributed by atoms with E-state index in [2.05, 4.69) is 15.9 Å². The second-order valence-corrected chi connectivity index (χ2v) is 6.90. The topological polar surface area (TPSA) is 0 Å². The van der Waals surface area contributed by atoms with Crippen LogP contribution < -0.4 is 0 Å². The van der Waals surface area contributed by atoms with Gasteiger partial charge in [-0.25, -0.2) is 8.78 Å². The number of hydrogen-bond acceptors (Lipinski definition) is 1. The molecule has 2 aromatic rings. The molecule has 1 aromatic heterocycles. The van der Waals surface area contributed by atoms with Crippen LogP contribution >= 0.6 is 38.9 Å². The van der Waals surface area contributed by atoms with E-state index < -0.39 is 17.0 Å². The Kier molecular flexibility index (Phi) is 4.09. The fourth-order valence-electron chi connectivity index (χ4n) is 1.66. The van der Waals surface area contributed by atoms with Gasteiger partial charge in [-0.2, -0.15) is 0 Å². The number of halogens is 4. The maximum Gasteiger partial charge on any atom is 0.134 e. The van der Waals surface area contributed by atoms with Crippen LogP contribution in [-0.4, -0.2) is 0 Å². The maximum atomic E-state index is 14.0. The van der Waals surface area contributed by atoms with Crippen molar-refractivity contribution in [1.82, 2.24) is 0 Å². The summed E-state index contributed by atoms with van der Waals surface area (Å²) in [4.78, 5) is 0.726. The molecule has 0 fully saturated rings. The summed E-state index contributed by atoms with van der Waals surface area (Å²) in [6.45, 7) is 3.51. The lowest BCUT2D eigenvalue weighted by atomic mass is 10.1. The molecular weight excluding hydrogens is 342 g/mol. The van der Waals surface area contributed by atoms with Crippen molar-refractivity contribution in [1.29, 1.82) is 0 Å². The molecule has 96 valence electrons. The quantitative estimate of drug-likeness (QED) is 0.606. The first-order valence-corrected chi connectivity index (χ1v) is 7.30. The van der Waals surface area contributed by atoms with E-state index in [0.29, 0.717) is 5.56 Å². The van der Waals surface area contributed by atoms with Crippen molar-refractivity contribution < 1.29 is 8.78 Å². The van der Waals surface area contributed by atoms with Gasteiger partial charge in [-0.3, -0.25) is 0 Å². The Hall–Kier alpha value is -0.450. The molecule has 0 saturated heterocycles. The van der Waals surface area contributed by atoms with E-state index >= 15 is 0 Å². The van der Waals surface area contributed by atoms with Crippen LogP contribution in [0.5, 0.6) is 0 Å². The second kappa shape index (κ2) is 5.27. The first-order chi connectivity index (χ1) is 8.41. The molecular formula is C13H10BrClF2S. The maximum absolute atomic E-state index is 14.0. The van der Waals surface area contributed by atoms with E-state index in [1.165, 1.54) is 23.5 Å². The third-order valence-corrected chi connectivity index (χ3v) is 5.48. The molecule has 0 spiro atoms. The zero-order valence-electron chi connectivity index (χ0n) is 9.73. The average molecular weight is 352 g/mol. The standard InChI is InChI=1S/C13H10BrClF2S/c1-6-3-4-8(16)10(12(6)17)11(15)9-5-7(2)13(14)18-9/h3-5,11H,1-2H3. The van der Waals surface area contributed by atoms with E-state index in [9.17, 15) is 8.78 Å². The van der Waals surface area contributed by atoms with Gasteiger partial charge in [-0.15, -0.1) is 22.9 Å². The molecule has 1 aromatic carbocycles. The van der Waals surface area contributed by atoms with Crippen molar-refractivity contribution in [3.05, 3.63) is 55.2 Å². The van der Waals surface area contributed by atoms with Crippen molar-refractivity contribution in [2.24, 2.45) is 0 Å². The summed E-state index contributed by atoms with van der Waals surface area (Å²) in [6.07, 6.45) is 0. The van der Waals surface area contributed by atoms with Crippen LogP contribution in [0.15, 0.2) is 22.0 Å². The normalized spacial score (nSPS) is 12.8. The Balaban J connectivity index is 2.52. The second-order valence-electron chi connectivity index (χ2n) is 4.06. The van der Waals surface area contributed by atoms with Crippen molar-refractivity contribution in [3.8, 4) is 0 Å². The highest BCUT2D eigenvalue weighted by molar-refractivity contribution is 9.11. The van der Waals surface area contributed by atoms with Crippen molar-refractivity contribution in [2.75, 3.05) is 0 Å². The predicted molar refractivity (Wildman–Crippen MR) is 75.5 cm³/mol. The minimum absolute atomic E-state index is 0.0783. The van der Waals surface area contributed by atoms with E-state index in [1.54, 1.807) is 6.92 Å². The summed E-state index contributed by atoms with van der Waals surface area (Å²) in [7, 11) is 0. The molecule has 1 heterocycles. The minimum atomic E-state index is -0.806. The summed E-state index contributed by atoms with van der Waals surface area (Å²) < 4.78 is 28.6. The van der Waals surface area contributed by atoms with Crippen molar-refractivity contribution in [2.45, 2.75) is 19.2 Å². The van der Waals surface area contributed by atoms with E-state index in [4.69, 9.17) is 11.6 Å². The highest BCUT2D eigenvalue weighted by Crippen LogP contribution is 2.40. The molecule has 0 aliphatic heterocycles. The van der Waals surface area contributed by atoms with Crippen LogP contribution in [0.2, 0.25) is 0 Å². The van der Waals surface area contributed by atoms with Gasteiger partial charge in [0.05, 0.1) is 9.16 Å². The molecule has 0 aliphatic rings. The summed E-state index contributed by atoms with van der Waals surface area (Å²) in [6, 6.07) is 4.50. The monoisotopic (exact) mass is 350 g/mol. The highest BCUT2D eigenvalue weighted by Gasteiger charge is 2.23. The molecule has 0 amide bonds. The number of aryl methyl sites for hydroxylation is 2. The molecule has 1 unspecified atom stereocenters. The van der Waals surface area contributed by atoms with Crippen LogP contribution in [0.25, 0.3) is 0 Å². The predicted octanol–water partition coefficient (Wildman–Crippen LogP) is 5.73. The summed E-state index contributed by atoms with van der Waals surface area (Å²) in [5.41, 5.74) is 1.32. The zero-order valence-corrected chi connectivity index (χ0v) is 12.9. The van der Waals surface area contributed by atoms with Gasteiger partial charge in [0.15, 0.2) is 0 Å². The highest BCUT2D eigenvalue weighted by atomic mass is 79.9. The molecule has 0 nitrogen and oxygen atoms in total. The van der Waals surface area contributed by atoms with Crippen LogP contribution in [0.3, 0.4) is 0 Å². The first-order valence-electron chi connectivity index (χ1n) is 5.26. The molecule has 0 N–H and O–H groups in total. The third-order valence-electron chi connectivity index (χ3n) is 2.70. The Labute approximate surface area is 122 Å². The fraction of sp³-hybridized carbons (Fsp3) is 0.231. The Bertz CT molecular complexity index is 575. The smallest absolute Gasteiger partial charge is 0.134 e. The molecule has 0 bridgehead atoms. The van der Waals surface area contributed by atoms with Crippen LogP contribution in [0, 0.1) is 25.5 Å². The Morgan fingerprint density at radius 3 is 2.44 bits per heavy atom.